The summed E-state index contributed by atoms with van der Waals surface area (Å²) in [5, 5.41) is 0.611. The van der Waals surface area contributed by atoms with E-state index in [1.54, 1.807) is 57.4 Å². The van der Waals surface area contributed by atoms with Crippen LogP contribution in [-0.4, -0.2) is 31.4 Å². The Bertz CT molecular complexity index is 1450. The van der Waals surface area contributed by atoms with Crippen molar-refractivity contribution < 1.29 is 19.0 Å². The van der Waals surface area contributed by atoms with E-state index in [0.29, 0.717) is 37.1 Å². The molecular formula is C25H23ClN2O5S. The minimum Gasteiger partial charge on any atom is -0.497 e. The van der Waals surface area contributed by atoms with Crippen LogP contribution in [0, 0.1) is 0 Å². The van der Waals surface area contributed by atoms with Gasteiger partial charge in [0.25, 0.3) is 5.56 Å². The first-order chi connectivity index (χ1) is 16.4. The number of hydrogen-bond acceptors (Lipinski definition) is 7. The van der Waals surface area contributed by atoms with E-state index in [4.69, 9.17) is 25.8 Å². The number of nitrogens with zero attached hydrogens (tertiary/aromatic N) is 2. The summed E-state index contributed by atoms with van der Waals surface area (Å²) in [4.78, 5) is 31.7. The van der Waals surface area contributed by atoms with Crippen molar-refractivity contribution in [3.8, 4) is 11.5 Å². The Kier molecular flexibility index (Phi) is 6.90. The molecule has 0 spiro atoms. The van der Waals surface area contributed by atoms with Crippen LogP contribution >= 0.6 is 22.9 Å². The van der Waals surface area contributed by atoms with Crippen molar-refractivity contribution in [1.82, 2.24) is 4.57 Å². The van der Waals surface area contributed by atoms with Gasteiger partial charge in [0.1, 0.15) is 17.5 Å². The van der Waals surface area contributed by atoms with E-state index in [1.165, 1.54) is 23.0 Å². The monoisotopic (exact) mass is 498 g/mol. The maximum atomic E-state index is 13.6. The Morgan fingerprint density at radius 2 is 1.91 bits per heavy atom. The molecule has 4 rings (SSSR count). The average molecular weight is 499 g/mol. The van der Waals surface area contributed by atoms with Crippen molar-refractivity contribution in [3.63, 3.8) is 0 Å². The topological polar surface area (TPSA) is 79.1 Å². The zero-order valence-electron chi connectivity index (χ0n) is 19.1. The second-order valence-corrected chi connectivity index (χ2v) is 8.91. The van der Waals surface area contributed by atoms with Crippen molar-refractivity contribution in [2.24, 2.45) is 4.99 Å². The Morgan fingerprint density at radius 1 is 1.18 bits per heavy atom. The number of benzene rings is 2. The van der Waals surface area contributed by atoms with Gasteiger partial charge in [0.2, 0.25) is 0 Å². The van der Waals surface area contributed by atoms with Crippen LogP contribution in [0.15, 0.2) is 63.5 Å². The predicted molar refractivity (Wildman–Crippen MR) is 131 cm³/mol. The van der Waals surface area contributed by atoms with E-state index < -0.39 is 12.0 Å². The van der Waals surface area contributed by atoms with Crippen LogP contribution in [0.3, 0.4) is 0 Å². The number of hydrogen-bond donors (Lipinski definition) is 0. The summed E-state index contributed by atoms with van der Waals surface area (Å²) in [6.07, 6.45) is 1.78. The van der Waals surface area contributed by atoms with Gasteiger partial charge in [0.15, 0.2) is 4.80 Å². The van der Waals surface area contributed by atoms with E-state index in [-0.39, 0.29) is 17.7 Å². The molecule has 1 aromatic heterocycles. The van der Waals surface area contributed by atoms with Crippen molar-refractivity contribution >= 4 is 35.0 Å². The molecule has 2 heterocycles. The summed E-state index contributed by atoms with van der Waals surface area (Å²) in [6, 6.07) is 11.7. The van der Waals surface area contributed by atoms with Crippen molar-refractivity contribution in [2.75, 3.05) is 20.8 Å². The number of rotatable bonds is 6. The first kappa shape index (κ1) is 23.8. The van der Waals surface area contributed by atoms with Gasteiger partial charge in [0, 0.05) is 16.7 Å². The van der Waals surface area contributed by atoms with Gasteiger partial charge >= 0.3 is 5.97 Å². The molecule has 9 heteroatoms. The molecule has 2 aromatic carbocycles. The summed E-state index contributed by atoms with van der Waals surface area (Å²) in [7, 11) is 3.09. The molecule has 0 amide bonds. The Balaban J connectivity index is 1.99. The highest BCUT2D eigenvalue weighted by Gasteiger charge is 2.35. The van der Waals surface area contributed by atoms with Gasteiger partial charge < -0.3 is 14.2 Å². The highest BCUT2D eigenvalue weighted by atomic mass is 35.5. The average Bonchev–Trinajstić information content (AvgIpc) is 3.13. The summed E-state index contributed by atoms with van der Waals surface area (Å²) < 4.78 is 18.3. The molecule has 3 aromatic rings. The number of fused-ring (bicyclic) bond motifs is 1. The zero-order chi connectivity index (χ0) is 24.4. The van der Waals surface area contributed by atoms with Crippen LogP contribution in [0.2, 0.25) is 5.02 Å². The molecule has 7 nitrogen and oxygen atoms in total. The fraction of sp³-hybridized carbons (Fsp3) is 0.240. The molecule has 1 atom stereocenters. The quantitative estimate of drug-likeness (QED) is 0.486. The molecule has 1 aliphatic heterocycles. The van der Waals surface area contributed by atoms with E-state index >= 15 is 0 Å². The number of halogens is 1. The lowest BCUT2D eigenvalue weighted by Crippen LogP contribution is -2.40. The SMILES string of the molecule is CCOC(=O)C1=C(C)N=c2s/c(=C\c3ccc(Cl)cc3)c(=O)n2C1c1ccc(OC)cc1OC. The summed E-state index contributed by atoms with van der Waals surface area (Å²) >= 11 is 7.25. The number of carbonyl (C=O) groups excluding carboxylic acids is 1. The van der Waals surface area contributed by atoms with E-state index in [2.05, 4.69) is 4.99 Å². The number of aromatic nitrogens is 1. The molecule has 0 saturated carbocycles. The second kappa shape index (κ2) is 9.87. The van der Waals surface area contributed by atoms with Crippen molar-refractivity contribution in [3.05, 3.63) is 89.6 Å². The molecule has 0 saturated heterocycles. The normalized spacial score (nSPS) is 15.6. The van der Waals surface area contributed by atoms with Gasteiger partial charge in [0.05, 0.1) is 36.6 Å². The standard InChI is InChI=1S/C25H23ClN2O5S/c1-5-33-24(30)21-14(2)27-25-28(22(21)18-11-10-17(31-3)13-19(18)32-4)23(29)20(34-25)12-15-6-8-16(26)9-7-15/h6-13,22H,5H2,1-4H3/b20-12-. The fourth-order valence-electron chi connectivity index (χ4n) is 3.84. The lowest BCUT2D eigenvalue weighted by atomic mass is 9.95. The van der Waals surface area contributed by atoms with Crippen molar-refractivity contribution in [1.29, 1.82) is 0 Å². The molecule has 0 radical (unpaired) electrons. The van der Waals surface area contributed by atoms with E-state index in [9.17, 15) is 9.59 Å². The van der Waals surface area contributed by atoms with Crippen LogP contribution < -0.4 is 24.4 Å². The lowest BCUT2D eigenvalue weighted by molar-refractivity contribution is -0.139. The minimum atomic E-state index is -0.775. The number of ether oxygens (including phenoxy) is 3. The van der Waals surface area contributed by atoms with Gasteiger partial charge in [-0.3, -0.25) is 9.36 Å². The van der Waals surface area contributed by atoms with Gasteiger partial charge in [-0.25, -0.2) is 9.79 Å². The van der Waals surface area contributed by atoms with E-state index in [1.807, 2.05) is 12.1 Å². The third-order valence-electron chi connectivity index (χ3n) is 5.42. The summed E-state index contributed by atoms with van der Waals surface area (Å²) in [6.45, 7) is 3.67. The smallest absolute Gasteiger partial charge is 0.338 e. The fourth-order valence-corrected chi connectivity index (χ4v) is 5.01. The maximum absolute atomic E-state index is 13.6. The highest BCUT2D eigenvalue weighted by molar-refractivity contribution is 7.07. The maximum Gasteiger partial charge on any atom is 0.338 e. The van der Waals surface area contributed by atoms with Gasteiger partial charge in [-0.2, -0.15) is 0 Å². The number of methoxy groups -OCH3 is 2. The molecule has 0 N–H and O–H groups in total. The zero-order valence-corrected chi connectivity index (χ0v) is 20.7. The first-order valence-corrected chi connectivity index (χ1v) is 11.7. The molecular weight excluding hydrogens is 476 g/mol. The highest BCUT2D eigenvalue weighted by Crippen LogP contribution is 2.37. The number of carbonyl (C=O) groups is 1. The van der Waals surface area contributed by atoms with Gasteiger partial charge in [-0.05, 0) is 49.8 Å². The van der Waals surface area contributed by atoms with Crippen LogP contribution in [-0.2, 0) is 9.53 Å². The van der Waals surface area contributed by atoms with Crippen LogP contribution in [0.25, 0.3) is 6.08 Å². The lowest BCUT2D eigenvalue weighted by Gasteiger charge is -2.26. The van der Waals surface area contributed by atoms with Crippen LogP contribution in [0.1, 0.15) is 31.0 Å². The molecule has 176 valence electrons. The molecule has 34 heavy (non-hydrogen) atoms. The number of thiazole rings is 1. The molecule has 0 aliphatic carbocycles. The van der Waals surface area contributed by atoms with E-state index in [0.717, 1.165) is 5.56 Å². The Hall–Kier alpha value is -3.36. The molecule has 1 unspecified atom stereocenters. The summed E-state index contributed by atoms with van der Waals surface area (Å²) in [5.74, 6) is 0.542. The second-order valence-electron chi connectivity index (χ2n) is 7.46. The number of allylic oxidation sites excluding steroid dienone is 1. The Labute approximate surface area is 205 Å². The Morgan fingerprint density at radius 3 is 2.56 bits per heavy atom. The predicted octanol–water partition coefficient (Wildman–Crippen LogP) is 3.47. The van der Waals surface area contributed by atoms with Crippen LogP contribution in [0.4, 0.5) is 0 Å². The first-order valence-electron chi connectivity index (χ1n) is 10.5. The van der Waals surface area contributed by atoms with Gasteiger partial charge in [-0.15, -0.1) is 0 Å². The molecule has 1 aliphatic rings. The van der Waals surface area contributed by atoms with Crippen LogP contribution in [0.5, 0.6) is 11.5 Å². The molecule has 0 fully saturated rings. The third-order valence-corrected chi connectivity index (χ3v) is 6.65. The molecule has 0 bridgehead atoms. The third kappa shape index (κ3) is 4.38. The number of esters is 1. The minimum absolute atomic E-state index is 0.197. The van der Waals surface area contributed by atoms with Gasteiger partial charge in [-0.1, -0.05) is 35.1 Å². The van der Waals surface area contributed by atoms with Crippen molar-refractivity contribution in [2.45, 2.75) is 19.9 Å². The largest absolute Gasteiger partial charge is 0.497 e. The summed E-state index contributed by atoms with van der Waals surface area (Å²) in [5.41, 5.74) is 1.96.